The fraction of sp³-hybridized carbons (Fsp3) is 0.429. The predicted molar refractivity (Wildman–Crippen MR) is 65.0 cm³/mol. The van der Waals surface area contributed by atoms with Gasteiger partial charge in [0.15, 0.2) is 0 Å². The second-order valence-corrected chi connectivity index (χ2v) is 5.10. The summed E-state index contributed by atoms with van der Waals surface area (Å²) in [6.45, 7) is -0.132. The van der Waals surface area contributed by atoms with Gasteiger partial charge in [-0.25, -0.2) is 0 Å². The third-order valence-electron chi connectivity index (χ3n) is 4.09. The fourth-order valence-corrected chi connectivity index (χ4v) is 2.88. The van der Waals surface area contributed by atoms with Crippen LogP contribution < -0.4 is 0 Å². The number of fused-ring (bicyclic) bond motifs is 1. The molecule has 2 amide bonds. The highest BCUT2D eigenvalue weighted by Gasteiger charge is 2.49. The van der Waals surface area contributed by atoms with Crippen molar-refractivity contribution in [2.45, 2.75) is 31.2 Å². The van der Waals surface area contributed by atoms with Crippen molar-refractivity contribution in [3.63, 3.8) is 0 Å². The van der Waals surface area contributed by atoms with Crippen LogP contribution in [-0.4, -0.2) is 34.0 Å². The van der Waals surface area contributed by atoms with Crippen molar-refractivity contribution in [3.05, 3.63) is 35.4 Å². The van der Waals surface area contributed by atoms with Gasteiger partial charge >= 0.3 is 0 Å². The number of imide groups is 1. The molecule has 1 aliphatic heterocycles. The summed E-state index contributed by atoms with van der Waals surface area (Å²) >= 11 is 0. The van der Waals surface area contributed by atoms with Crippen LogP contribution in [0.5, 0.6) is 0 Å². The molecule has 18 heavy (non-hydrogen) atoms. The lowest BCUT2D eigenvalue weighted by atomic mass is 9.74. The molecule has 0 saturated heterocycles. The van der Waals surface area contributed by atoms with Crippen molar-refractivity contribution in [1.29, 1.82) is 0 Å². The van der Waals surface area contributed by atoms with E-state index in [4.69, 9.17) is 0 Å². The lowest BCUT2D eigenvalue weighted by Gasteiger charge is -2.49. The number of nitrogens with zero attached hydrogens (tertiary/aromatic N) is 1. The maximum Gasteiger partial charge on any atom is 0.261 e. The zero-order chi connectivity index (χ0) is 12.8. The normalized spacial score (nSPS) is 21.5. The molecular weight excluding hydrogens is 230 g/mol. The molecule has 1 N–H and O–H groups in total. The van der Waals surface area contributed by atoms with Gasteiger partial charge in [-0.3, -0.25) is 14.5 Å². The van der Waals surface area contributed by atoms with Crippen LogP contribution in [0.15, 0.2) is 24.3 Å². The lowest BCUT2D eigenvalue weighted by molar-refractivity contribution is -0.139. The van der Waals surface area contributed by atoms with Crippen LogP contribution in [0.4, 0.5) is 0 Å². The molecule has 1 fully saturated rings. The molecule has 94 valence electrons. The molecule has 2 aliphatic rings. The molecule has 0 atom stereocenters. The zero-order valence-corrected chi connectivity index (χ0v) is 10.1. The fourth-order valence-electron chi connectivity index (χ4n) is 2.88. The van der Waals surface area contributed by atoms with Crippen molar-refractivity contribution in [2.75, 3.05) is 6.61 Å². The van der Waals surface area contributed by atoms with E-state index in [9.17, 15) is 14.7 Å². The van der Waals surface area contributed by atoms with Gasteiger partial charge in [-0.2, -0.15) is 0 Å². The van der Waals surface area contributed by atoms with E-state index in [-0.39, 0.29) is 24.8 Å². The van der Waals surface area contributed by atoms with Crippen molar-refractivity contribution in [2.24, 2.45) is 0 Å². The average Bonchev–Trinajstić information content (AvgIpc) is 2.32. The molecule has 0 spiro atoms. The van der Waals surface area contributed by atoms with Crippen molar-refractivity contribution < 1.29 is 14.7 Å². The summed E-state index contributed by atoms with van der Waals surface area (Å²) in [4.78, 5) is 25.9. The number of carbonyl (C=O) groups is 2. The number of aliphatic hydroxyl groups is 1. The Balaban J connectivity index is 2.03. The minimum absolute atomic E-state index is 0.132. The van der Waals surface area contributed by atoms with Gasteiger partial charge in [-0.15, -0.1) is 0 Å². The summed E-state index contributed by atoms with van der Waals surface area (Å²) in [7, 11) is 0. The second-order valence-electron chi connectivity index (χ2n) is 5.10. The average molecular weight is 245 g/mol. The molecule has 1 aromatic carbocycles. The van der Waals surface area contributed by atoms with Gasteiger partial charge in [0, 0.05) is 5.56 Å². The number of hydrogen-bond acceptors (Lipinski definition) is 3. The van der Waals surface area contributed by atoms with Crippen LogP contribution >= 0.6 is 0 Å². The zero-order valence-electron chi connectivity index (χ0n) is 10.1. The van der Waals surface area contributed by atoms with E-state index >= 15 is 0 Å². The number of benzene rings is 1. The molecule has 0 aromatic heterocycles. The number of aliphatic hydroxyl groups excluding tert-OH is 1. The summed E-state index contributed by atoms with van der Waals surface area (Å²) in [5.41, 5.74) is 0.745. The largest absolute Gasteiger partial charge is 0.394 e. The molecule has 1 aromatic rings. The Morgan fingerprint density at radius 1 is 1.22 bits per heavy atom. The standard InChI is InChI=1S/C14H15NO3/c16-9-14(6-3-7-14)15-12(17)8-10-4-1-2-5-11(10)13(15)18/h1-2,4-5,16H,3,6-9H2. The first-order valence-corrected chi connectivity index (χ1v) is 6.24. The molecule has 4 heteroatoms. The maximum absolute atomic E-state index is 12.4. The van der Waals surface area contributed by atoms with Gasteiger partial charge < -0.3 is 5.11 Å². The van der Waals surface area contributed by atoms with E-state index in [0.717, 1.165) is 12.0 Å². The van der Waals surface area contributed by atoms with Crippen LogP contribution in [0.25, 0.3) is 0 Å². The van der Waals surface area contributed by atoms with Crippen LogP contribution in [0.3, 0.4) is 0 Å². The Morgan fingerprint density at radius 2 is 1.94 bits per heavy atom. The number of hydrogen-bond donors (Lipinski definition) is 1. The third-order valence-corrected chi connectivity index (χ3v) is 4.09. The van der Waals surface area contributed by atoms with E-state index in [0.29, 0.717) is 18.4 Å². The summed E-state index contributed by atoms with van der Waals surface area (Å²) in [6, 6.07) is 7.20. The van der Waals surface area contributed by atoms with Crippen molar-refractivity contribution in [1.82, 2.24) is 4.90 Å². The highest BCUT2D eigenvalue weighted by Crippen LogP contribution is 2.40. The summed E-state index contributed by atoms with van der Waals surface area (Å²) in [5.74, 6) is -0.442. The van der Waals surface area contributed by atoms with Gasteiger partial charge in [0.05, 0.1) is 18.6 Å². The van der Waals surface area contributed by atoms with Crippen LogP contribution in [0, 0.1) is 0 Å². The van der Waals surface area contributed by atoms with Gasteiger partial charge in [-0.1, -0.05) is 18.2 Å². The molecule has 0 bridgehead atoms. The third kappa shape index (κ3) is 1.42. The van der Waals surface area contributed by atoms with Gasteiger partial charge in [0.1, 0.15) is 0 Å². The first kappa shape index (κ1) is 11.4. The van der Waals surface area contributed by atoms with Crippen LogP contribution in [-0.2, 0) is 11.2 Å². The van der Waals surface area contributed by atoms with Gasteiger partial charge in [-0.05, 0) is 30.9 Å². The summed E-state index contributed by atoms with van der Waals surface area (Å²) in [6.07, 6.45) is 2.63. The molecule has 1 saturated carbocycles. The summed E-state index contributed by atoms with van der Waals surface area (Å²) in [5, 5.41) is 9.53. The Labute approximate surface area is 105 Å². The Bertz CT molecular complexity index is 514. The van der Waals surface area contributed by atoms with Gasteiger partial charge in [0.2, 0.25) is 5.91 Å². The van der Waals surface area contributed by atoms with E-state index in [2.05, 4.69) is 0 Å². The quantitative estimate of drug-likeness (QED) is 0.794. The van der Waals surface area contributed by atoms with E-state index in [1.54, 1.807) is 12.1 Å². The Morgan fingerprint density at radius 3 is 2.56 bits per heavy atom. The maximum atomic E-state index is 12.4. The number of rotatable bonds is 2. The molecular formula is C14H15NO3. The molecule has 1 heterocycles. The van der Waals surface area contributed by atoms with E-state index in [1.165, 1.54) is 4.90 Å². The first-order valence-electron chi connectivity index (χ1n) is 6.24. The lowest BCUT2D eigenvalue weighted by Crippen LogP contribution is -2.62. The number of amides is 2. The number of carbonyl (C=O) groups excluding carboxylic acids is 2. The first-order chi connectivity index (χ1) is 8.68. The smallest absolute Gasteiger partial charge is 0.261 e. The highest BCUT2D eigenvalue weighted by molar-refractivity contribution is 6.10. The Kier molecular flexibility index (Phi) is 2.48. The Hall–Kier alpha value is -1.68. The van der Waals surface area contributed by atoms with E-state index in [1.807, 2.05) is 12.1 Å². The van der Waals surface area contributed by atoms with Crippen LogP contribution in [0.2, 0.25) is 0 Å². The topological polar surface area (TPSA) is 57.6 Å². The van der Waals surface area contributed by atoms with Gasteiger partial charge in [0.25, 0.3) is 5.91 Å². The molecule has 0 radical (unpaired) electrons. The van der Waals surface area contributed by atoms with E-state index < -0.39 is 5.54 Å². The molecule has 1 aliphatic carbocycles. The second kappa shape index (κ2) is 3.92. The minimum Gasteiger partial charge on any atom is -0.394 e. The summed E-state index contributed by atoms with van der Waals surface area (Å²) < 4.78 is 0. The van der Waals surface area contributed by atoms with Crippen molar-refractivity contribution in [3.8, 4) is 0 Å². The van der Waals surface area contributed by atoms with Crippen molar-refractivity contribution >= 4 is 11.8 Å². The molecule has 3 rings (SSSR count). The van der Waals surface area contributed by atoms with Crippen LogP contribution in [0.1, 0.15) is 35.2 Å². The molecule has 4 nitrogen and oxygen atoms in total. The highest BCUT2D eigenvalue weighted by atomic mass is 16.3. The molecule has 0 unspecified atom stereocenters. The monoisotopic (exact) mass is 245 g/mol. The predicted octanol–water partition coefficient (Wildman–Crippen LogP) is 1.13. The minimum atomic E-state index is -0.637. The SMILES string of the molecule is O=C1Cc2ccccc2C(=O)N1C1(CO)CCC1.